The summed E-state index contributed by atoms with van der Waals surface area (Å²) in [6, 6.07) is 7.02. The molecule has 0 aliphatic carbocycles. The van der Waals surface area contributed by atoms with Crippen molar-refractivity contribution in [3.05, 3.63) is 29.8 Å². The number of methoxy groups -OCH3 is 1. The molecule has 1 amide bonds. The predicted octanol–water partition coefficient (Wildman–Crippen LogP) is 2.04. The summed E-state index contributed by atoms with van der Waals surface area (Å²) in [6.45, 7) is 2.02. The lowest BCUT2D eigenvalue weighted by Crippen LogP contribution is -2.42. The zero-order valence-corrected chi connectivity index (χ0v) is 13.4. The monoisotopic (exact) mass is 321 g/mol. The molecule has 2 rings (SSSR count). The van der Waals surface area contributed by atoms with Crippen LogP contribution in [0.2, 0.25) is 0 Å². The van der Waals surface area contributed by atoms with Gasteiger partial charge in [-0.3, -0.25) is 9.59 Å². The van der Waals surface area contributed by atoms with E-state index in [2.05, 4.69) is 0 Å². The lowest BCUT2D eigenvalue weighted by atomic mass is 9.97. The molecule has 1 aromatic carbocycles. The van der Waals surface area contributed by atoms with Crippen molar-refractivity contribution < 1.29 is 24.2 Å². The average molecular weight is 321 g/mol. The number of aliphatic carboxylic acids is 1. The van der Waals surface area contributed by atoms with Gasteiger partial charge in [-0.05, 0) is 31.0 Å². The number of hydrogen-bond donors (Lipinski definition) is 1. The molecule has 0 radical (unpaired) electrons. The highest BCUT2D eigenvalue weighted by Crippen LogP contribution is 2.21. The van der Waals surface area contributed by atoms with E-state index in [-0.39, 0.29) is 12.5 Å². The van der Waals surface area contributed by atoms with Gasteiger partial charge in [-0.1, -0.05) is 6.07 Å². The average Bonchev–Trinajstić information content (AvgIpc) is 2.58. The van der Waals surface area contributed by atoms with E-state index in [1.165, 1.54) is 0 Å². The Morgan fingerprint density at radius 3 is 2.91 bits per heavy atom. The van der Waals surface area contributed by atoms with E-state index < -0.39 is 11.9 Å². The lowest BCUT2D eigenvalue weighted by Gasteiger charge is -2.30. The maximum Gasteiger partial charge on any atom is 0.308 e. The highest BCUT2D eigenvalue weighted by molar-refractivity contribution is 5.95. The molecule has 1 fully saturated rings. The van der Waals surface area contributed by atoms with Crippen molar-refractivity contribution in [1.82, 2.24) is 4.90 Å². The van der Waals surface area contributed by atoms with Crippen LogP contribution in [-0.4, -0.2) is 55.3 Å². The number of likely N-dealkylation sites (tertiary alicyclic amines) is 1. The first-order valence-electron chi connectivity index (χ1n) is 7.85. The number of amides is 1. The molecule has 1 saturated heterocycles. The summed E-state index contributed by atoms with van der Waals surface area (Å²) < 4.78 is 10.6. The number of nitrogens with zero attached hydrogens (tertiary/aromatic N) is 1. The number of carboxylic acid groups (broad SMARTS) is 1. The third-order valence-electron chi connectivity index (χ3n) is 3.90. The first-order chi connectivity index (χ1) is 11.1. The summed E-state index contributed by atoms with van der Waals surface area (Å²) in [4.78, 5) is 25.3. The number of piperidine rings is 1. The predicted molar refractivity (Wildman–Crippen MR) is 84.7 cm³/mol. The molecule has 1 atom stereocenters. The quantitative estimate of drug-likeness (QED) is 0.778. The topological polar surface area (TPSA) is 76.1 Å². The summed E-state index contributed by atoms with van der Waals surface area (Å²) in [5.74, 6) is -0.809. The standard InChI is InChI=1S/C17H23NO5/c1-22-9-4-10-23-15-7-2-5-13(11-15)16(19)18-8-3-6-14(12-18)17(20)21/h2,5,7,11,14H,3-4,6,8-10,12H2,1H3,(H,20,21). The van der Waals surface area contributed by atoms with Gasteiger partial charge in [0.1, 0.15) is 5.75 Å². The van der Waals surface area contributed by atoms with Crippen LogP contribution in [0, 0.1) is 5.92 Å². The number of benzene rings is 1. The van der Waals surface area contributed by atoms with E-state index in [0.29, 0.717) is 37.5 Å². The SMILES string of the molecule is COCCCOc1cccc(C(=O)N2CCCC(C(=O)O)C2)c1. The van der Waals surface area contributed by atoms with Gasteiger partial charge in [-0.2, -0.15) is 0 Å². The fourth-order valence-corrected chi connectivity index (χ4v) is 2.66. The van der Waals surface area contributed by atoms with Gasteiger partial charge >= 0.3 is 5.97 Å². The van der Waals surface area contributed by atoms with Crippen LogP contribution in [0.25, 0.3) is 0 Å². The Kier molecular flexibility index (Phi) is 6.40. The van der Waals surface area contributed by atoms with Crippen molar-refractivity contribution in [3.63, 3.8) is 0 Å². The summed E-state index contributed by atoms with van der Waals surface area (Å²) in [5.41, 5.74) is 0.528. The van der Waals surface area contributed by atoms with Gasteiger partial charge in [0.25, 0.3) is 5.91 Å². The van der Waals surface area contributed by atoms with E-state index >= 15 is 0 Å². The van der Waals surface area contributed by atoms with Crippen molar-refractivity contribution in [1.29, 1.82) is 0 Å². The van der Waals surface area contributed by atoms with Gasteiger partial charge < -0.3 is 19.5 Å². The molecule has 1 N–H and O–H groups in total. The number of ether oxygens (including phenoxy) is 2. The Labute approximate surface area is 136 Å². The first-order valence-corrected chi connectivity index (χ1v) is 7.85. The fraction of sp³-hybridized carbons (Fsp3) is 0.529. The smallest absolute Gasteiger partial charge is 0.308 e. The van der Waals surface area contributed by atoms with Crippen LogP contribution in [0.5, 0.6) is 5.75 Å². The maximum absolute atomic E-state index is 12.6. The van der Waals surface area contributed by atoms with Crippen LogP contribution in [0.1, 0.15) is 29.6 Å². The molecule has 1 aliphatic heterocycles. The van der Waals surface area contributed by atoms with Crippen LogP contribution in [0.4, 0.5) is 0 Å². The first kappa shape index (κ1) is 17.3. The van der Waals surface area contributed by atoms with Crippen LogP contribution in [0.3, 0.4) is 0 Å². The third kappa shape index (κ3) is 4.96. The number of rotatable bonds is 7. The Morgan fingerprint density at radius 1 is 1.35 bits per heavy atom. The van der Waals surface area contributed by atoms with E-state index in [4.69, 9.17) is 14.6 Å². The summed E-state index contributed by atoms with van der Waals surface area (Å²) >= 11 is 0. The molecule has 1 aliphatic rings. The van der Waals surface area contributed by atoms with Crippen LogP contribution in [0.15, 0.2) is 24.3 Å². The molecule has 6 nitrogen and oxygen atoms in total. The molecule has 126 valence electrons. The van der Waals surface area contributed by atoms with Crippen LogP contribution in [-0.2, 0) is 9.53 Å². The molecule has 1 heterocycles. The molecule has 0 spiro atoms. The molecular weight excluding hydrogens is 298 g/mol. The molecule has 0 aromatic heterocycles. The molecule has 0 bridgehead atoms. The van der Waals surface area contributed by atoms with Gasteiger partial charge in [-0.15, -0.1) is 0 Å². The van der Waals surface area contributed by atoms with Crippen molar-refractivity contribution in [2.45, 2.75) is 19.3 Å². The minimum absolute atomic E-state index is 0.140. The minimum atomic E-state index is -0.835. The van der Waals surface area contributed by atoms with Crippen molar-refractivity contribution >= 4 is 11.9 Å². The Balaban J connectivity index is 1.97. The fourth-order valence-electron chi connectivity index (χ4n) is 2.66. The molecular formula is C17H23NO5. The van der Waals surface area contributed by atoms with E-state index in [0.717, 1.165) is 12.8 Å². The summed E-state index contributed by atoms with van der Waals surface area (Å²) in [6.07, 6.45) is 2.12. The van der Waals surface area contributed by atoms with Gasteiger partial charge in [-0.25, -0.2) is 0 Å². The van der Waals surface area contributed by atoms with Gasteiger partial charge in [0.05, 0.1) is 12.5 Å². The normalized spacial score (nSPS) is 17.8. The molecule has 0 saturated carbocycles. The summed E-state index contributed by atoms with van der Waals surface area (Å²) in [5, 5.41) is 9.13. The number of hydrogen-bond acceptors (Lipinski definition) is 4. The molecule has 6 heteroatoms. The van der Waals surface area contributed by atoms with Crippen molar-refractivity contribution in [2.24, 2.45) is 5.92 Å². The van der Waals surface area contributed by atoms with Crippen molar-refractivity contribution in [3.8, 4) is 5.75 Å². The number of carbonyl (C=O) groups is 2. The van der Waals surface area contributed by atoms with Gasteiger partial charge in [0.2, 0.25) is 0 Å². The van der Waals surface area contributed by atoms with Crippen LogP contribution >= 0.6 is 0 Å². The Morgan fingerprint density at radius 2 is 2.17 bits per heavy atom. The summed E-state index contributed by atoms with van der Waals surface area (Å²) in [7, 11) is 1.64. The Bertz CT molecular complexity index is 546. The van der Waals surface area contributed by atoms with Crippen molar-refractivity contribution in [2.75, 3.05) is 33.4 Å². The lowest BCUT2D eigenvalue weighted by molar-refractivity contribution is -0.143. The number of carboxylic acids is 1. The zero-order chi connectivity index (χ0) is 16.7. The second-order valence-corrected chi connectivity index (χ2v) is 5.65. The highest BCUT2D eigenvalue weighted by atomic mass is 16.5. The minimum Gasteiger partial charge on any atom is -0.493 e. The van der Waals surface area contributed by atoms with Gasteiger partial charge in [0.15, 0.2) is 0 Å². The third-order valence-corrected chi connectivity index (χ3v) is 3.90. The Hall–Kier alpha value is -2.08. The largest absolute Gasteiger partial charge is 0.493 e. The molecule has 1 aromatic rings. The van der Waals surface area contributed by atoms with Gasteiger partial charge in [0, 0.05) is 38.8 Å². The highest BCUT2D eigenvalue weighted by Gasteiger charge is 2.28. The molecule has 23 heavy (non-hydrogen) atoms. The van der Waals surface area contributed by atoms with Crippen LogP contribution < -0.4 is 4.74 Å². The second kappa shape index (κ2) is 8.53. The molecule has 1 unspecified atom stereocenters. The van der Waals surface area contributed by atoms with E-state index in [9.17, 15) is 9.59 Å². The van der Waals surface area contributed by atoms with E-state index in [1.807, 2.05) is 0 Å². The zero-order valence-electron chi connectivity index (χ0n) is 13.4. The second-order valence-electron chi connectivity index (χ2n) is 5.65. The number of carbonyl (C=O) groups excluding carboxylic acids is 1. The van der Waals surface area contributed by atoms with E-state index in [1.54, 1.807) is 36.3 Å². The maximum atomic E-state index is 12.6.